The molecule has 0 fully saturated rings. The molecule has 0 spiro atoms. The van der Waals surface area contributed by atoms with Crippen LogP contribution in [0.1, 0.15) is 53.9 Å². The Kier molecular flexibility index (Phi) is 8.49. The fourth-order valence-corrected chi connectivity index (χ4v) is 1.72. The highest BCUT2D eigenvalue weighted by Gasteiger charge is 2.23. The lowest BCUT2D eigenvalue weighted by molar-refractivity contribution is -0.119. The van der Waals surface area contributed by atoms with Crippen molar-refractivity contribution < 1.29 is 14.3 Å². The second kappa shape index (κ2) is 8.71. The van der Waals surface area contributed by atoms with Crippen LogP contribution in [0.3, 0.4) is 0 Å². The summed E-state index contributed by atoms with van der Waals surface area (Å²) in [7, 11) is 0. The van der Waals surface area contributed by atoms with E-state index in [-0.39, 0.29) is 24.4 Å². The zero-order valence-corrected chi connectivity index (χ0v) is 11.2. The van der Waals surface area contributed by atoms with Gasteiger partial charge in [-0.15, -0.1) is 0 Å². The summed E-state index contributed by atoms with van der Waals surface area (Å²) in [5, 5.41) is 0. The van der Waals surface area contributed by atoms with Gasteiger partial charge in [0.1, 0.15) is 6.29 Å². The lowest BCUT2D eigenvalue weighted by Crippen LogP contribution is -2.35. The number of carbonyl (C=O) groups is 1. The zero-order chi connectivity index (χ0) is 12.6. The van der Waals surface area contributed by atoms with E-state index in [4.69, 9.17) is 9.47 Å². The van der Waals surface area contributed by atoms with Crippen molar-refractivity contribution in [3.8, 4) is 0 Å². The highest BCUT2D eigenvalue weighted by molar-refractivity contribution is 5.49. The quantitative estimate of drug-likeness (QED) is 0.571. The molecule has 0 saturated carbocycles. The highest BCUT2D eigenvalue weighted by atomic mass is 16.5. The molecular formula is C13H26O3. The molecule has 2 atom stereocenters. The van der Waals surface area contributed by atoms with Crippen LogP contribution in [0.4, 0.5) is 0 Å². The molecule has 0 N–H and O–H groups in total. The lowest BCUT2D eigenvalue weighted by atomic mass is 10.1. The minimum atomic E-state index is 0.0256. The van der Waals surface area contributed by atoms with Gasteiger partial charge in [0.15, 0.2) is 0 Å². The van der Waals surface area contributed by atoms with Crippen molar-refractivity contribution in [3.63, 3.8) is 0 Å². The highest BCUT2D eigenvalue weighted by Crippen LogP contribution is 2.17. The van der Waals surface area contributed by atoms with Crippen molar-refractivity contribution in [2.45, 2.75) is 78.3 Å². The van der Waals surface area contributed by atoms with Crippen LogP contribution in [0.25, 0.3) is 0 Å². The largest absolute Gasteiger partial charge is 0.373 e. The Morgan fingerprint density at radius 3 is 1.88 bits per heavy atom. The van der Waals surface area contributed by atoms with Crippen molar-refractivity contribution in [2.24, 2.45) is 0 Å². The van der Waals surface area contributed by atoms with E-state index in [1.807, 2.05) is 27.7 Å². The zero-order valence-electron chi connectivity index (χ0n) is 11.2. The van der Waals surface area contributed by atoms with Crippen LogP contribution in [0, 0.1) is 0 Å². The summed E-state index contributed by atoms with van der Waals surface area (Å²) in [6.45, 7) is 10.2. The van der Waals surface area contributed by atoms with Gasteiger partial charge in [0, 0.05) is 6.42 Å². The second-order valence-electron chi connectivity index (χ2n) is 4.60. The average Bonchev–Trinajstić information content (AvgIpc) is 2.20. The predicted molar refractivity (Wildman–Crippen MR) is 65.6 cm³/mol. The van der Waals surface area contributed by atoms with Gasteiger partial charge in [0.05, 0.1) is 24.4 Å². The molecule has 3 heteroatoms. The minimum absolute atomic E-state index is 0.0256. The standard InChI is InChI=1S/C13H26O3/c1-6-12(15-10(2)3)13(8-7-9-14)16-11(4)5/h9-13H,6-8H2,1-5H3. The summed E-state index contributed by atoms with van der Waals surface area (Å²) < 4.78 is 11.6. The molecule has 3 nitrogen and oxygen atoms in total. The van der Waals surface area contributed by atoms with E-state index in [9.17, 15) is 4.79 Å². The summed E-state index contributed by atoms with van der Waals surface area (Å²) in [5.74, 6) is 0. The van der Waals surface area contributed by atoms with Crippen LogP contribution >= 0.6 is 0 Å². The molecule has 0 aliphatic carbocycles. The first-order valence-corrected chi connectivity index (χ1v) is 6.25. The van der Waals surface area contributed by atoms with E-state index in [1.165, 1.54) is 0 Å². The molecular weight excluding hydrogens is 204 g/mol. The van der Waals surface area contributed by atoms with Gasteiger partial charge in [-0.05, 0) is 40.5 Å². The van der Waals surface area contributed by atoms with Crippen LogP contribution in [0.5, 0.6) is 0 Å². The predicted octanol–water partition coefficient (Wildman–Crippen LogP) is 2.96. The Morgan fingerprint density at radius 1 is 1.00 bits per heavy atom. The average molecular weight is 230 g/mol. The lowest BCUT2D eigenvalue weighted by Gasteiger charge is -2.29. The number of aldehydes is 1. The van der Waals surface area contributed by atoms with Gasteiger partial charge in [0.25, 0.3) is 0 Å². The number of carbonyl (C=O) groups excluding carboxylic acids is 1. The van der Waals surface area contributed by atoms with E-state index >= 15 is 0 Å². The van der Waals surface area contributed by atoms with E-state index in [0.717, 1.165) is 19.1 Å². The molecule has 0 amide bonds. The van der Waals surface area contributed by atoms with Crippen LogP contribution in [0.2, 0.25) is 0 Å². The molecule has 0 aromatic rings. The molecule has 0 aliphatic rings. The molecule has 0 radical (unpaired) electrons. The van der Waals surface area contributed by atoms with Crippen molar-refractivity contribution >= 4 is 6.29 Å². The Hall–Kier alpha value is -0.410. The van der Waals surface area contributed by atoms with Crippen LogP contribution in [-0.2, 0) is 14.3 Å². The summed E-state index contributed by atoms with van der Waals surface area (Å²) >= 11 is 0. The molecule has 0 aromatic carbocycles. The number of hydrogen-bond acceptors (Lipinski definition) is 3. The Balaban J connectivity index is 4.34. The second-order valence-corrected chi connectivity index (χ2v) is 4.60. The number of ether oxygens (including phenoxy) is 2. The van der Waals surface area contributed by atoms with E-state index < -0.39 is 0 Å². The maximum Gasteiger partial charge on any atom is 0.120 e. The van der Waals surface area contributed by atoms with Gasteiger partial charge >= 0.3 is 0 Å². The molecule has 0 saturated heterocycles. The third kappa shape index (κ3) is 6.96. The van der Waals surface area contributed by atoms with Crippen LogP contribution < -0.4 is 0 Å². The fourth-order valence-electron chi connectivity index (χ4n) is 1.72. The van der Waals surface area contributed by atoms with Gasteiger partial charge in [-0.3, -0.25) is 0 Å². The van der Waals surface area contributed by atoms with Gasteiger partial charge in [-0.1, -0.05) is 6.92 Å². The van der Waals surface area contributed by atoms with Crippen LogP contribution in [-0.4, -0.2) is 30.7 Å². The molecule has 0 aliphatic heterocycles. The van der Waals surface area contributed by atoms with Gasteiger partial charge < -0.3 is 14.3 Å². The van der Waals surface area contributed by atoms with Crippen molar-refractivity contribution in [1.82, 2.24) is 0 Å². The van der Waals surface area contributed by atoms with Crippen molar-refractivity contribution in [3.05, 3.63) is 0 Å². The first-order chi connectivity index (χ1) is 7.51. The third-order valence-electron chi connectivity index (χ3n) is 2.28. The summed E-state index contributed by atoms with van der Waals surface area (Å²) in [6.07, 6.45) is 3.61. The Bertz CT molecular complexity index is 178. The Morgan fingerprint density at radius 2 is 1.50 bits per heavy atom. The normalized spacial score (nSPS) is 15.4. The molecule has 96 valence electrons. The first-order valence-electron chi connectivity index (χ1n) is 6.25. The monoisotopic (exact) mass is 230 g/mol. The third-order valence-corrected chi connectivity index (χ3v) is 2.28. The molecule has 16 heavy (non-hydrogen) atoms. The maximum absolute atomic E-state index is 10.4. The molecule has 0 aromatic heterocycles. The van der Waals surface area contributed by atoms with E-state index in [1.54, 1.807) is 0 Å². The molecule has 0 rings (SSSR count). The van der Waals surface area contributed by atoms with E-state index in [0.29, 0.717) is 6.42 Å². The molecule has 2 unspecified atom stereocenters. The maximum atomic E-state index is 10.4. The topological polar surface area (TPSA) is 35.5 Å². The first kappa shape index (κ1) is 15.6. The van der Waals surface area contributed by atoms with Crippen molar-refractivity contribution in [1.29, 1.82) is 0 Å². The van der Waals surface area contributed by atoms with Crippen LogP contribution in [0.15, 0.2) is 0 Å². The van der Waals surface area contributed by atoms with Crippen molar-refractivity contribution in [2.75, 3.05) is 0 Å². The fraction of sp³-hybridized carbons (Fsp3) is 0.923. The number of rotatable bonds is 9. The summed E-state index contributed by atoms with van der Waals surface area (Å²) in [5.41, 5.74) is 0. The molecule has 0 bridgehead atoms. The minimum Gasteiger partial charge on any atom is -0.373 e. The summed E-state index contributed by atoms with van der Waals surface area (Å²) in [4.78, 5) is 10.4. The SMILES string of the molecule is CCC(OC(C)C)C(CCC=O)OC(C)C. The van der Waals surface area contributed by atoms with Gasteiger partial charge in [0.2, 0.25) is 0 Å². The van der Waals surface area contributed by atoms with Gasteiger partial charge in [-0.2, -0.15) is 0 Å². The van der Waals surface area contributed by atoms with Gasteiger partial charge in [-0.25, -0.2) is 0 Å². The Labute approximate surface area is 99.5 Å². The van der Waals surface area contributed by atoms with E-state index in [2.05, 4.69) is 6.92 Å². The molecule has 0 heterocycles. The smallest absolute Gasteiger partial charge is 0.120 e. The summed E-state index contributed by atoms with van der Waals surface area (Å²) in [6, 6.07) is 0. The number of hydrogen-bond donors (Lipinski definition) is 0.